The number of alkyl halides is 3. The van der Waals surface area contributed by atoms with Crippen molar-refractivity contribution >= 4 is 28.6 Å². The third-order valence-electron chi connectivity index (χ3n) is 5.05. The molecule has 5 rings (SSSR count). The van der Waals surface area contributed by atoms with Crippen LogP contribution in [0.1, 0.15) is 33.2 Å². The maximum Gasteiger partial charge on any atom is 0.573 e. The number of nitrogens with one attached hydrogen (secondary N) is 1. The van der Waals surface area contributed by atoms with Gasteiger partial charge in [-0.3, -0.25) is 4.79 Å². The first-order valence-corrected chi connectivity index (χ1v) is 10.7. The summed E-state index contributed by atoms with van der Waals surface area (Å²) >= 11 is 1.38. The summed E-state index contributed by atoms with van der Waals surface area (Å²) in [7, 11) is 0. The fourth-order valence-electron chi connectivity index (χ4n) is 3.62. The highest BCUT2D eigenvalue weighted by atomic mass is 32.1. The van der Waals surface area contributed by atoms with Crippen LogP contribution in [0.25, 0.3) is 16.9 Å². The zero-order valence-corrected chi connectivity index (χ0v) is 17.3. The van der Waals surface area contributed by atoms with Gasteiger partial charge in [-0.25, -0.2) is 14.5 Å². The predicted octanol–water partition coefficient (Wildman–Crippen LogP) is 4.88. The molecule has 3 heterocycles. The molecule has 1 amide bonds. The van der Waals surface area contributed by atoms with E-state index in [2.05, 4.69) is 25.1 Å². The third-order valence-corrected chi connectivity index (χ3v) is 6.20. The van der Waals surface area contributed by atoms with Gasteiger partial charge in [-0.05, 0) is 43.9 Å². The fraction of sp³-hybridized carbons (Fsp3) is 0.238. The molecule has 0 aliphatic heterocycles. The molecule has 32 heavy (non-hydrogen) atoms. The molecule has 164 valence electrons. The van der Waals surface area contributed by atoms with Crippen LogP contribution in [-0.4, -0.2) is 31.9 Å². The Labute approximate surface area is 183 Å². The predicted molar refractivity (Wildman–Crippen MR) is 112 cm³/mol. The molecule has 0 bridgehead atoms. The van der Waals surface area contributed by atoms with E-state index in [1.807, 2.05) is 0 Å². The number of aryl methyl sites for hydroxylation is 2. The molecular formula is C21H16F3N5O2S. The molecular weight excluding hydrogens is 443 g/mol. The first kappa shape index (κ1) is 20.4. The number of halogens is 3. The highest BCUT2D eigenvalue weighted by molar-refractivity contribution is 7.13. The Balaban J connectivity index is 1.46. The average Bonchev–Trinajstić information content (AvgIpc) is 3.37. The molecule has 1 aliphatic rings. The van der Waals surface area contributed by atoms with Crippen LogP contribution in [0.2, 0.25) is 0 Å². The van der Waals surface area contributed by atoms with Crippen LogP contribution in [-0.2, 0) is 12.8 Å². The van der Waals surface area contributed by atoms with E-state index in [4.69, 9.17) is 0 Å². The molecule has 1 aliphatic carbocycles. The largest absolute Gasteiger partial charge is 0.573 e. The number of rotatable bonds is 4. The summed E-state index contributed by atoms with van der Waals surface area (Å²) in [6, 6.07) is 7.26. The van der Waals surface area contributed by atoms with Crippen molar-refractivity contribution in [3.63, 3.8) is 0 Å². The van der Waals surface area contributed by atoms with Gasteiger partial charge in [0.2, 0.25) is 0 Å². The zero-order chi connectivity index (χ0) is 22.3. The highest BCUT2D eigenvalue weighted by Crippen LogP contribution is 2.33. The van der Waals surface area contributed by atoms with Crippen molar-refractivity contribution in [3.05, 3.63) is 58.3 Å². The van der Waals surface area contributed by atoms with Crippen LogP contribution in [0.5, 0.6) is 5.75 Å². The molecule has 0 unspecified atom stereocenters. The number of thiazole rings is 1. The van der Waals surface area contributed by atoms with E-state index in [9.17, 15) is 18.0 Å². The first-order valence-electron chi connectivity index (χ1n) is 9.87. The Kier molecular flexibility index (Phi) is 5.04. The standard InChI is InChI=1S/C21H16F3N5O2S/c22-21(23,24)31-16-7-3-1-5-12(16)13-9-10-29-18(26-13)15(11-25-29)27-19(30)20-28-14-6-2-4-8-17(14)32-20/h1,3,5,7,9-11H,2,4,6,8H2,(H,27,30). The SMILES string of the molecule is O=C(Nc1cnn2ccc(-c3ccccc3OC(F)(F)F)nc12)c1nc2c(s1)CCCC2. The molecule has 7 nitrogen and oxygen atoms in total. The minimum atomic E-state index is -4.83. The van der Waals surface area contributed by atoms with Gasteiger partial charge in [0.1, 0.15) is 11.4 Å². The molecule has 11 heteroatoms. The molecule has 0 fully saturated rings. The second kappa shape index (κ2) is 7.90. The van der Waals surface area contributed by atoms with Gasteiger partial charge in [-0.2, -0.15) is 5.10 Å². The van der Waals surface area contributed by atoms with Crippen molar-refractivity contribution in [1.29, 1.82) is 0 Å². The Morgan fingerprint density at radius 1 is 1.12 bits per heavy atom. The van der Waals surface area contributed by atoms with Crippen LogP contribution in [0, 0.1) is 0 Å². The number of ether oxygens (including phenoxy) is 1. The number of hydrogen-bond donors (Lipinski definition) is 1. The quantitative estimate of drug-likeness (QED) is 0.470. The summed E-state index contributed by atoms with van der Waals surface area (Å²) < 4.78 is 43.9. The molecule has 0 saturated carbocycles. The van der Waals surface area contributed by atoms with Crippen LogP contribution < -0.4 is 10.1 Å². The molecule has 1 N–H and O–H groups in total. The summed E-state index contributed by atoms with van der Waals surface area (Å²) in [5.74, 6) is -0.734. The summed E-state index contributed by atoms with van der Waals surface area (Å²) in [6.07, 6.45) is 2.13. The summed E-state index contributed by atoms with van der Waals surface area (Å²) in [4.78, 5) is 22.8. The van der Waals surface area contributed by atoms with E-state index in [1.165, 1.54) is 46.3 Å². The van der Waals surface area contributed by atoms with E-state index >= 15 is 0 Å². The van der Waals surface area contributed by atoms with Crippen molar-refractivity contribution in [3.8, 4) is 17.0 Å². The minimum Gasteiger partial charge on any atom is -0.405 e. The normalized spacial score (nSPS) is 13.7. The van der Waals surface area contributed by atoms with E-state index in [0.29, 0.717) is 16.3 Å². The Hall–Kier alpha value is -3.47. The molecule has 0 saturated heterocycles. The highest BCUT2D eigenvalue weighted by Gasteiger charge is 2.32. The van der Waals surface area contributed by atoms with Gasteiger partial charge in [0, 0.05) is 16.6 Å². The van der Waals surface area contributed by atoms with Crippen molar-refractivity contribution in [2.45, 2.75) is 32.0 Å². The first-order chi connectivity index (χ1) is 15.4. The fourth-order valence-corrected chi connectivity index (χ4v) is 4.67. The number of carbonyl (C=O) groups excluding carboxylic acids is 1. The van der Waals surface area contributed by atoms with Gasteiger partial charge in [0.15, 0.2) is 10.7 Å². The van der Waals surface area contributed by atoms with Crippen LogP contribution >= 0.6 is 11.3 Å². The van der Waals surface area contributed by atoms with E-state index < -0.39 is 6.36 Å². The molecule has 0 radical (unpaired) electrons. The number of aromatic nitrogens is 4. The second-order valence-electron chi connectivity index (χ2n) is 7.23. The van der Waals surface area contributed by atoms with Gasteiger partial charge in [0.05, 0.1) is 17.6 Å². The molecule has 4 aromatic rings. The molecule has 3 aromatic heterocycles. The van der Waals surface area contributed by atoms with Crippen molar-refractivity contribution in [1.82, 2.24) is 19.6 Å². The lowest BCUT2D eigenvalue weighted by atomic mass is 10.0. The number of benzene rings is 1. The lowest BCUT2D eigenvalue weighted by molar-refractivity contribution is -0.274. The van der Waals surface area contributed by atoms with Gasteiger partial charge in [-0.1, -0.05) is 12.1 Å². The number of nitrogens with zero attached hydrogens (tertiary/aromatic N) is 4. The molecule has 0 atom stereocenters. The van der Waals surface area contributed by atoms with Crippen molar-refractivity contribution < 1.29 is 22.7 Å². The maximum atomic E-state index is 12.8. The second-order valence-corrected chi connectivity index (χ2v) is 8.32. The Bertz CT molecular complexity index is 1290. The summed E-state index contributed by atoms with van der Waals surface area (Å²) in [5.41, 5.74) is 2.02. The van der Waals surface area contributed by atoms with E-state index in [0.717, 1.165) is 36.3 Å². The van der Waals surface area contributed by atoms with E-state index in [-0.39, 0.29) is 22.9 Å². The lowest BCUT2D eigenvalue weighted by Crippen LogP contribution is -2.17. The minimum absolute atomic E-state index is 0.165. The maximum absolute atomic E-state index is 12.8. The number of para-hydroxylation sites is 1. The van der Waals surface area contributed by atoms with Crippen molar-refractivity contribution in [2.75, 3.05) is 5.32 Å². The Morgan fingerprint density at radius 2 is 1.94 bits per heavy atom. The molecule has 1 aromatic carbocycles. The van der Waals surface area contributed by atoms with Crippen molar-refractivity contribution in [2.24, 2.45) is 0 Å². The number of amides is 1. The van der Waals surface area contributed by atoms with Crippen LogP contribution in [0.3, 0.4) is 0 Å². The van der Waals surface area contributed by atoms with Crippen LogP contribution in [0.4, 0.5) is 18.9 Å². The Morgan fingerprint density at radius 3 is 2.75 bits per heavy atom. The van der Waals surface area contributed by atoms with E-state index in [1.54, 1.807) is 12.3 Å². The third kappa shape index (κ3) is 4.03. The number of fused-ring (bicyclic) bond motifs is 2. The van der Waals surface area contributed by atoms with Crippen LogP contribution in [0.15, 0.2) is 42.7 Å². The number of carbonyl (C=O) groups is 1. The molecule has 0 spiro atoms. The smallest absolute Gasteiger partial charge is 0.405 e. The van der Waals surface area contributed by atoms with Gasteiger partial charge >= 0.3 is 6.36 Å². The number of hydrogen-bond acceptors (Lipinski definition) is 6. The van der Waals surface area contributed by atoms with Gasteiger partial charge < -0.3 is 10.1 Å². The average molecular weight is 459 g/mol. The summed E-state index contributed by atoms with van der Waals surface area (Å²) in [5, 5.41) is 7.30. The van der Waals surface area contributed by atoms with Gasteiger partial charge in [-0.15, -0.1) is 24.5 Å². The lowest BCUT2D eigenvalue weighted by Gasteiger charge is -2.13. The zero-order valence-electron chi connectivity index (χ0n) is 16.5. The number of anilines is 1. The monoisotopic (exact) mass is 459 g/mol. The van der Waals surface area contributed by atoms with Gasteiger partial charge in [0.25, 0.3) is 5.91 Å². The summed E-state index contributed by atoms with van der Waals surface area (Å²) in [6.45, 7) is 0. The topological polar surface area (TPSA) is 81.4 Å².